The van der Waals surface area contributed by atoms with E-state index in [1.807, 2.05) is 30.3 Å². The number of esters is 1. The van der Waals surface area contributed by atoms with E-state index >= 15 is 0 Å². The van der Waals surface area contributed by atoms with Crippen LogP contribution in [0.5, 0.6) is 0 Å². The Hall–Kier alpha value is -3.42. The summed E-state index contributed by atoms with van der Waals surface area (Å²) in [5.74, 6) is -0.390. The molecule has 1 amide bonds. The van der Waals surface area contributed by atoms with E-state index in [-0.39, 0.29) is 12.7 Å². The van der Waals surface area contributed by atoms with Crippen LogP contribution in [0.15, 0.2) is 64.9 Å². The van der Waals surface area contributed by atoms with Crippen molar-refractivity contribution in [2.24, 2.45) is 10.3 Å². The van der Waals surface area contributed by atoms with E-state index in [1.165, 1.54) is 7.11 Å². The van der Waals surface area contributed by atoms with Gasteiger partial charge in [-0.05, 0) is 29.8 Å². The predicted molar refractivity (Wildman–Crippen MR) is 102 cm³/mol. The Kier molecular flexibility index (Phi) is 6.56. The van der Waals surface area contributed by atoms with Crippen LogP contribution in [0, 0.1) is 0 Å². The van der Waals surface area contributed by atoms with Gasteiger partial charge in [0.1, 0.15) is 6.61 Å². The fraction of sp³-hybridized carbons (Fsp3) is 0.300. The highest BCUT2D eigenvalue weighted by molar-refractivity contribution is 5.89. The smallest absolute Gasteiger partial charge is 0.410 e. The van der Waals surface area contributed by atoms with Crippen LogP contribution in [0.4, 0.5) is 10.5 Å². The zero-order chi connectivity index (χ0) is 19.8. The molecule has 2 aromatic carbocycles. The van der Waals surface area contributed by atoms with Gasteiger partial charge in [-0.25, -0.2) is 9.59 Å². The van der Waals surface area contributed by atoms with Crippen LogP contribution in [0.3, 0.4) is 0 Å². The minimum atomic E-state index is -0.390. The van der Waals surface area contributed by atoms with Gasteiger partial charge in [-0.15, -0.1) is 5.11 Å². The van der Waals surface area contributed by atoms with Crippen LogP contribution < -0.4 is 0 Å². The quantitative estimate of drug-likeness (QED) is 0.584. The van der Waals surface area contributed by atoms with E-state index in [9.17, 15) is 9.59 Å². The lowest BCUT2D eigenvalue weighted by Gasteiger charge is -2.31. The first-order valence-electron chi connectivity index (χ1n) is 8.96. The third-order valence-electron chi connectivity index (χ3n) is 4.29. The highest BCUT2D eigenvalue weighted by Gasteiger charge is 2.21. The molecule has 0 bridgehead atoms. The van der Waals surface area contributed by atoms with Gasteiger partial charge in [-0.3, -0.25) is 5.01 Å². The van der Waals surface area contributed by atoms with Crippen LogP contribution in [0.25, 0.3) is 0 Å². The largest absolute Gasteiger partial charge is 0.465 e. The Morgan fingerprint density at radius 3 is 2.29 bits per heavy atom. The second kappa shape index (κ2) is 9.50. The number of methoxy groups -OCH3 is 1. The third-order valence-corrected chi connectivity index (χ3v) is 4.29. The number of nitrogens with zero attached hydrogens (tertiary/aromatic N) is 4. The summed E-state index contributed by atoms with van der Waals surface area (Å²) >= 11 is 0. The van der Waals surface area contributed by atoms with Crippen molar-refractivity contribution in [3.8, 4) is 0 Å². The van der Waals surface area contributed by atoms with Crippen LogP contribution in [0.2, 0.25) is 0 Å². The highest BCUT2D eigenvalue weighted by Crippen LogP contribution is 2.15. The highest BCUT2D eigenvalue weighted by atomic mass is 16.6. The molecule has 28 heavy (non-hydrogen) atoms. The average Bonchev–Trinajstić information content (AvgIpc) is 2.77. The molecule has 0 radical (unpaired) electrons. The number of carbonyl (C=O) groups is 2. The Balaban J connectivity index is 1.44. The Labute approximate surface area is 163 Å². The van der Waals surface area contributed by atoms with E-state index in [2.05, 4.69) is 15.1 Å². The number of piperazine rings is 1. The second-order valence-electron chi connectivity index (χ2n) is 6.21. The van der Waals surface area contributed by atoms with Crippen molar-refractivity contribution in [2.75, 3.05) is 33.3 Å². The molecule has 0 aliphatic carbocycles. The summed E-state index contributed by atoms with van der Waals surface area (Å²) < 4.78 is 10.0. The number of carbonyl (C=O) groups excluding carboxylic acids is 2. The molecule has 0 unspecified atom stereocenters. The zero-order valence-electron chi connectivity index (χ0n) is 15.7. The molecule has 0 atom stereocenters. The summed E-state index contributed by atoms with van der Waals surface area (Å²) in [4.78, 5) is 25.2. The van der Waals surface area contributed by atoms with Crippen molar-refractivity contribution in [2.45, 2.75) is 6.61 Å². The molecule has 146 valence electrons. The second-order valence-corrected chi connectivity index (χ2v) is 6.21. The lowest BCUT2D eigenvalue weighted by atomic mass is 10.2. The normalized spacial score (nSPS) is 14.2. The van der Waals surface area contributed by atoms with Gasteiger partial charge in [-0.2, -0.15) is 0 Å². The van der Waals surface area contributed by atoms with Crippen LogP contribution in [0.1, 0.15) is 15.9 Å². The Morgan fingerprint density at radius 1 is 0.964 bits per heavy atom. The van der Waals surface area contributed by atoms with Gasteiger partial charge in [0.25, 0.3) is 0 Å². The molecule has 1 fully saturated rings. The van der Waals surface area contributed by atoms with E-state index in [0.29, 0.717) is 37.4 Å². The molecule has 1 heterocycles. The van der Waals surface area contributed by atoms with Gasteiger partial charge in [0.05, 0.1) is 31.5 Å². The van der Waals surface area contributed by atoms with Gasteiger partial charge >= 0.3 is 12.1 Å². The van der Waals surface area contributed by atoms with Crippen molar-refractivity contribution in [1.82, 2.24) is 9.91 Å². The molecule has 0 saturated carbocycles. The standard InChI is InChI=1S/C20H22N4O4/c1-27-19(25)17-7-9-18(10-8-17)21-22-24-13-11-23(12-14-24)20(26)28-15-16-5-3-2-4-6-16/h2-10H,11-15H2,1H3. The van der Waals surface area contributed by atoms with Crippen LogP contribution >= 0.6 is 0 Å². The molecule has 8 heteroatoms. The number of ether oxygens (including phenoxy) is 2. The zero-order valence-corrected chi connectivity index (χ0v) is 15.7. The number of hydrogen-bond donors (Lipinski definition) is 0. The molecular weight excluding hydrogens is 360 g/mol. The van der Waals surface area contributed by atoms with Crippen molar-refractivity contribution >= 4 is 17.7 Å². The van der Waals surface area contributed by atoms with Crippen molar-refractivity contribution in [1.29, 1.82) is 0 Å². The van der Waals surface area contributed by atoms with Gasteiger partial charge < -0.3 is 14.4 Å². The minimum Gasteiger partial charge on any atom is -0.465 e. The maximum atomic E-state index is 12.2. The van der Waals surface area contributed by atoms with E-state index < -0.39 is 5.97 Å². The Morgan fingerprint density at radius 2 is 1.64 bits per heavy atom. The summed E-state index contributed by atoms with van der Waals surface area (Å²) in [6.07, 6.45) is -0.321. The summed E-state index contributed by atoms with van der Waals surface area (Å²) in [5, 5.41) is 10.2. The van der Waals surface area contributed by atoms with Gasteiger partial charge in [0.15, 0.2) is 0 Å². The summed E-state index contributed by atoms with van der Waals surface area (Å²) in [7, 11) is 1.34. The fourth-order valence-corrected chi connectivity index (χ4v) is 2.68. The van der Waals surface area contributed by atoms with E-state index in [4.69, 9.17) is 4.74 Å². The Bertz CT molecular complexity index is 816. The summed E-state index contributed by atoms with van der Waals surface area (Å²) in [6.45, 7) is 2.46. The van der Waals surface area contributed by atoms with Gasteiger partial charge in [0, 0.05) is 13.1 Å². The number of rotatable bonds is 5. The first-order chi connectivity index (χ1) is 13.7. The SMILES string of the molecule is COC(=O)c1ccc(N=NN2CCN(C(=O)OCc3ccccc3)CC2)cc1. The molecule has 8 nitrogen and oxygen atoms in total. The van der Waals surface area contributed by atoms with Gasteiger partial charge in [0.2, 0.25) is 0 Å². The first kappa shape index (κ1) is 19.3. The fourth-order valence-electron chi connectivity index (χ4n) is 2.68. The predicted octanol–water partition coefficient (Wildman–Crippen LogP) is 3.43. The van der Waals surface area contributed by atoms with Gasteiger partial charge in [-0.1, -0.05) is 35.6 Å². The molecule has 0 aromatic heterocycles. The topological polar surface area (TPSA) is 83.8 Å². The third kappa shape index (κ3) is 5.29. The van der Waals surface area contributed by atoms with Crippen molar-refractivity contribution in [3.63, 3.8) is 0 Å². The molecule has 0 spiro atoms. The number of amides is 1. The van der Waals surface area contributed by atoms with Crippen molar-refractivity contribution < 1.29 is 19.1 Å². The molecule has 1 aliphatic heterocycles. The lowest BCUT2D eigenvalue weighted by Crippen LogP contribution is -2.46. The molecule has 1 aliphatic rings. The maximum absolute atomic E-state index is 12.2. The summed E-state index contributed by atoms with van der Waals surface area (Å²) in [6, 6.07) is 16.3. The van der Waals surface area contributed by atoms with E-state index in [1.54, 1.807) is 34.2 Å². The monoisotopic (exact) mass is 382 g/mol. The average molecular weight is 382 g/mol. The minimum absolute atomic E-state index is 0.265. The molecule has 3 rings (SSSR count). The molecule has 1 saturated heterocycles. The van der Waals surface area contributed by atoms with Crippen LogP contribution in [-0.4, -0.2) is 55.3 Å². The summed E-state index contributed by atoms with van der Waals surface area (Å²) in [5.41, 5.74) is 2.06. The number of benzene rings is 2. The molecular formula is C20H22N4O4. The number of hydrogen-bond acceptors (Lipinski definition) is 6. The van der Waals surface area contributed by atoms with Crippen LogP contribution in [-0.2, 0) is 16.1 Å². The maximum Gasteiger partial charge on any atom is 0.410 e. The van der Waals surface area contributed by atoms with Crippen molar-refractivity contribution in [3.05, 3.63) is 65.7 Å². The lowest BCUT2D eigenvalue weighted by molar-refractivity contribution is 0.0600. The molecule has 2 aromatic rings. The first-order valence-corrected chi connectivity index (χ1v) is 8.96. The van der Waals surface area contributed by atoms with E-state index in [0.717, 1.165) is 5.56 Å². The molecule has 0 N–H and O–H groups in total.